The highest BCUT2D eigenvalue weighted by Gasteiger charge is 2.37. The first-order valence-electron chi connectivity index (χ1n) is 18.5. The Morgan fingerprint density at radius 1 is 0.481 bits per heavy atom. The number of nitrogens with zero attached hydrogens (tertiary/aromatic N) is 2. The van der Waals surface area contributed by atoms with Gasteiger partial charge in [-0.05, 0) is 87.1 Å². The van der Waals surface area contributed by atoms with E-state index in [1.807, 2.05) is 36.4 Å². The second-order valence-electron chi connectivity index (χ2n) is 14.8. The molecule has 0 saturated carbocycles. The zero-order valence-electron chi connectivity index (χ0n) is 29.9. The smallest absolute Gasteiger partial charge is 0.227 e. The lowest BCUT2D eigenvalue weighted by molar-refractivity contribution is 0.617. The average Bonchev–Trinajstić information content (AvgIpc) is 3.87. The van der Waals surface area contributed by atoms with Gasteiger partial charge in [0.25, 0.3) is 0 Å². The predicted molar refractivity (Wildman–Crippen MR) is 222 cm³/mol. The third kappa shape index (κ3) is 4.60. The van der Waals surface area contributed by atoms with Gasteiger partial charge in [-0.3, -0.25) is 0 Å². The fourth-order valence-electron chi connectivity index (χ4n) is 8.65. The Morgan fingerprint density at radius 2 is 1.19 bits per heavy atom. The molecule has 4 heteroatoms. The van der Waals surface area contributed by atoms with Gasteiger partial charge in [-0.15, -0.1) is 0 Å². The maximum absolute atomic E-state index is 6.62. The van der Waals surface area contributed by atoms with Crippen LogP contribution in [0.5, 0.6) is 0 Å². The van der Waals surface area contributed by atoms with Crippen LogP contribution in [0.2, 0.25) is 0 Å². The van der Waals surface area contributed by atoms with Crippen LogP contribution in [-0.4, -0.2) is 4.98 Å². The Hall–Kier alpha value is -6.91. The molecule has 0 radical (unpaired) electrons. The highest BCUT2D eigenvalue weighted by molar-refractivity contribution is 6.10. The van der Waals surface area contributed by atoms with E-state index in [9.17, 15) is 0 Å². The van der Waals surface area contributed by atoms with E-state index in [4.69, 9.17) is 13.8 Å². The molecule has 1 aliphatic carbocycles. The maximum Gasteiger partial charge on any atom is 0.227 e. The molecule has 0 unspecified atom stereocenters. The van der Waals surface area contributed by atoms with Crippen molar-refractivity contribution in [2.24, 2.45) is 0 Å². The largest absolute Gasteiger partial charge is 0.456 e. The van der Waals surface area contributed by atoms with E-state index < -0.39 is 0 Å². The molecule has 2 aromatic heterocycles. The van der Waals surface area contributed by atoms with Gasteiger partial charge in [-0.25, -0.2) is 4.98 Å². The summed E-state index contributed by atoms with van der Waals surface area (Å²) in [7, 11) is 0. The number of hydrogen-bond acceptors (Lipinski definition) is 4. The molecule has 10 aromatic rings. The second kappa shape index (κ2) is 11.5. The van der Waals surface area contributed by atoms with Crippen LogP contribution in [0.3, 0.4) is 0 Å². The number of hydrogen-bond donors (Lipinski definition) is 0. The van der Waals surface area contributed by atoms with Crippen LogP contribution in [0.4, 0.5) is 17.1 Å². The molecule has 4 nitrogen and oxygen atoms in total. The van der Waals surface area contributed by atoms with E-state index in [2.05, 4.69) is 152 Å². The lowest BCUT2D eigenvalue weighted by Gasteiger charge is -2.29. The summed E-state index contributed by atoms with van der Waals surface area (Å²) in [6.07, 6.45) is 0. The summed E-state index contributed by atoms with van der Waals surface area (Å²) < 4.78 is 12.8. The van der Waals surface area contributed by atoms with E-state index in [1.54, 1.807) is 0 Å². The van der Waals surface area contributed by atoms with E-state index in [0.29, 0.717) is 11.5 Å². The number of fused-ring (bicyclic) bond motifs is 8. The number of anilines is 3. The molecular weight excluding hydrogens is 661 g/mol. The molecule has 8 aromatic carbocycles. The van der Waals surface area contributed by atoms with Crippen molar-refractivity contribution < 1.29 is 8.83 Å². The topological polar surface area (TPSA) is 42.4 Å². The molecule has 0 atom stereocenters. The van der Waals surface area contributed by atoms with Crippen molar-refractivity contribution in [2.45, 2.75) is 19.3 Å². The molecular formula is C50H34N2O2. The Labute approximate surface area is 312 Å². The summed E-state index contributed by atoms with van der Waals surface area (Å²) in [6.45, 7) is 4.66. The first-order chi connectivity index (χ1) is 26.5. The number of aromatic nitrogens is 1. The molecule has 0 amide bonds. The molecule has 0 saturated heterocycles. The zero-order valence-corrected chi connectivity index (χ0v) is 29.9. The van der Waals surface area contributed by atoms with E-state index >= 15 is 0 Å². The summed E-state index contributed by atoms with van der Waals surface area (Å²) in [4.78, 5) is 7.22. The van der Waals surface area contributed by atoms with Gasteiger partial charge in [-0.1, -0.05) is 123 Å². The number of furan rings is 1. The molecule has 0 N–H and O–H groups in total. The highest BCUT2D eigenvalue weighted by Crippen LogP contribution is 2.54. The van der Waals surface area contributed by atoms with Gasteiger partial charge in [0, 0.05) is 50.8 Å². The summed E-state index contributed by atoms with van der Waals surface area (Å²) in [6, 6.07) is 60.3. The third-order valence-corrected chi connectivity index (χ3v) is 11.3. The van der Waals surface area contributed by atoms with Crippen molar-refractivity contribution in [2.75, 3.05) is 4.90 Å². The molecule has 0 aliphatic heterocycles. The van der Waals surface area contributed by atoms with Crippen LogP contribution in [0.1, 0.15) is 25.0 Å². The second-order valence-corrected chi connectivity index (χ2v) is 14.8. The normalized spacial score (nSPS) is 13.1. The molecule has 256 valence electrons. The van der Waals surface area contributed by atoms with Crippen molar-refractivity contribution >= 4 is 60.9 Å². The van der Waals surface area contributed by atoms with Gasteiger partial charge in [-0.2, -0.15) is 0 Å². The molecule has 54 heavy (non-hydrogen) atoms. The SMILES string of the molecule is CC1(C)c2ccccc2-c2c(N(c3ccc(-c4cccc5ccccc45)cc3)c3ccc4c(c3)oc3cc5oc(-c6ccccc6)nc5cc34)cccc21. The van der Waals surface area contributed by atoms with Gasteiger partial charge < -0.3 is 13.7 Å². The van der Waals surface area contributed by atoms with Gasteiger partial charge in [0.05, 0.1) is 5.69 Å². The summed E-state index contributed by atoms with van der Waals surface area (Å²) >= 11 is 0. The average molecular weight is 695 g/mol. The Morgan fingerprint density at radius 3 is 2.07 bits per heavy atom. The summed E-state index contributed by atoms with van der Waals surface area (Å²) in [5, 5.41) is 4.54. The van der Waals surface area contributed by atoms with Crippen molar-refractivity contribution in [1.82, 2.24) is 4.98 Å². The number of oxazole rings is 1. The quantitative estimate of drug-likeness (QED) is 0.180. The van der Waals surface area contributed by atoms with Gasteiger partial charge in [0.15, 0.2) is 5.58 Å². The molecule has 0 fully saturated rings. The molecule has 0 spiro atoms. The number of benzene rings is 8. The molecule has 11 rings (SSSR count). The minimum absolute atomic E-state index is 0.125. The Bertz CT molecular complexity index is 3070. The maximum atomic E-state index is 6.62. The monoisotopic (exact) mass is 694 g/mol. The Kier molecular flexibility index (Phi) is 6.56. The highest BCUT2D eigenvalue weighted by atomic mass is 16.4. The van der Waals surface area contributed by atoms with Crippen molar-refractivity contribution in [3.8, 4) is 33.7 Å². The van der Waals surface area contributed by atoms with E-state index in [1.165, 1.54) is 44.2 Å². The van der Waals surface area contributed by atoms with Crippen LogP contribution >= 0.6 is 0 Å². The van der Waals surface area contributed by atoms with Crippen LogP contribution in [0, 0.1) is 0 Å². The standard InChI is InChI=1S/C50H34N2O2/c1-50(2)41-19-9-8-17-39(41)48-42(50)20-11-21-44(48)52(34-24-22-32(23-25-34)37-18-10-15-31-12-6-7-16-36(31)37)35-26-27-38-40-29-43-47(30-46(40)53-45(38)28-35)54-49(51-43)33-13-4-3-5-14-33/h3-30H,1-2H3. The van der Waals surface area contributed by atoms with E-state index in [-0.39, 0.29) is 5.41 Å². The predicted octanol–water partition coefficient (Wildman–Crippen LogP) is 14.0. The lowest BCUT2D eigenvalue weighted by atomic mass is 9.82. The zero-order chi connectivity index (χ0) is 36.0. The molecule has 1 aliphatic rings. The van der Waals surface area contributed by atoms with Crippen LogP contribution in [0.15, 0.2) is 179 Å². The van der Waals surface area contributed by atoms with Crippen LogP contribution < -0.4 is 4.90 Å². The van der Waals surface area contributed by atoms with Crippen molar-refractivity contribution in [3.05, 3.63) is 181 Å². The van der Waals surface area contributed by atoms with Gasteiger partial charge >= 0.3 is 0 Å². The van der Waals surface area contributed by atoms with Gasteiger partial charge in [0.2, 0.25) is 5.89 Å². The van der Waals surface area contributed by atoms with E-state index in [0.717, 1.165) is 50.1 Å². The van der Waals surface area contributed by atoms with Gasteiger partial charge in [0.1, 0.15) is 16.7 Å². The van der Waals surface area contributed by atoms with Crippen molar-refractivity contribution in [3.63, 3.8) is 0 Å². The van der Waals surface area contributed by atoms with Crippen LogP contribution in [0.25, 0.3) is 77.5 Å². The minimum Gasteiger partial charge on any atom is -0.456 e. The van der Waals surface area contributed by atoms with Crippen LogP contribution in [-0.2, 0) is 5.41 Å². The number of rotatable bonds is 5. The molecule has 2 heterocycles. The fourth-order valence-corrected chi connectivity index (χ4v) is 8.65. The Balaban J connectivity index is 1.08. The first kappa shape index (κ1) is 30.7. The molecule has 0 bridgehead atoms. The van der Waals surface area contributed by atoms with Crippen molar-refractivity contribution in [1.29, 1.82) is 0 Å². The first-order valence-corrected chi connectivity index (χ1v) is 18.5. The summed E-state index contributed by atoms with van der Waals surface area (Å²) in [5.74, 6) is 0.604. The third-order valence-electron chi connectivity index (χ3n) is 11.3. The summed E-state index contributed by atoms with van der Waals surface area (Å²) in [5.41, 5.74) is 14.8. The minimum atomic E-state index is -0.125. The lowest BCUT2D eigenvalue weighted by Crippen LogP contribution is -2.16. The fraction of sp³-hybridized carbons (Fsp3) is 0.0600.